The second-order valence-corrected chi connectivity index (χ2v) is 16.4. The van der Waals surface area contributed by atoms with E-state index in [0.29, 0.717) is 0 Å². The molecule has 63 heavy (non-hydrogen) atoms. The van der Waals surface area contributed by atoms with Crippen molar-refractivity contribution < 1.29 is 0 Å². The number of aromatic nitrogens is 1. The molecule has 2 heteroatoms. The highest BCUT2D eigenvalue weighted by Gasteiger charge is 2.46. The normalized spacial score (nSPS) is 12.6. The van der Waals surface area contributed by atoms with E-state index in [2.05, 4.69) is 264 Å². The Morgan fingerprint density at radius 2 is 0.825 bits per heavy atom. The van der Waals surface area contributed by atoms with E-state index in [0.717, 1.165) is 22.7 Å². The molecule has 296 valence electrons. The molecule has 1 aliphatic carbocycles. The van der Waals surface area contributed by atoms with Crippen LogP contribution < -0.4 is 4.90 Å². The molecule has 0 amide bonds. The minimum atomic E-state index is -0.478. The Labute approximate surface area is 368 Å². The Morgan fingerprint density at radius 1 is 0.317 bits per heavy atom. The van der Waals surface area contributed by atoms with Gasteiger partial charge in [0.2, 0.25) is 0 Å². The first-order chi connectivity index (χ1) is 31.3. The zero-order valence-corrected chi connectivity index (χ0v) is 34.6. The second kappa shape index (κ2) is 15.1. The molecule has 1 aromatic heterocycles. The number of rotatable bonds is 8. The van der Waals surface area contributed by atoms with Crippen LogP contribution in [0.2, 0.25) is 0 Å². The predicted octanol–water partition coefficient (Wildman–Crippen LogP) is 16.0. The van der Waals surface area contributed by atoms with E-state index in [1.807, 2.05) is 0 Å². The van der Waals surface area contributed by atoms with Gasteiger partial charge in [-0.2, -0.15) is 0 Å². The van der Waals surface area contributed by atoms with Gasteiger partial charge in [-0.3, -0.25) is 0 Å². The van der Waals surface area contributed by atoms with Gasteiger partial charge in [-0.25, -0.2) is 0 Å². The molecule has 0 spiro atoms. The number of para-hydroxylation sites is 4. The molecule has 12 rings (SSSR count). The first-order valence-electron chi connectivity index (χ1n) is 21.8. The molecule has 0 saturated carbocycles. The van der Waals surface area contributed by atoms with Crippen molar-refractivity contribution in [2.45, 2.75) is 5.41 Å². The molecule has 0 unspecified atom stereocenters. The van der Waals surface area contributed by atoms with E-state index in [1.54, 1.807) is 0 Å². The third-order valence-electron chi connectivity index (χ3n) is 13.1. The first-order valence-corrected chi connectivity index (χ1v) is 21.8. The fraction of sp³-hybridized carbons (Fsp3) is 0.0164. The molecule has 2 nitrogen and oxygen atoms in total. The van der Waals surface area contributed by atoms with Crippen LogP contribution in [0.5, 0.6) is 0 Å². The zero-order chi connectivity index (χ0) is 41.7. The quantitative estimate of drug-likeness (QED) is 0.149. The van der Waals surface area contributed by atoms with Crippen molar-refractivity contribution >= 4 is 38.9 Å². The van der Waals surface area contributed by atoms with Crippen LogP contribution in [0.4, 0.5) is 17.1 Å². The lowest BCUT2D eigenvalue weighted by atomic mass is 9.67. The lowest BCUT2D eigenvalue weighted by Crippen LogP contribution is -2.28. The number of benzene rings is 10. The number of nitrogens with zero attached hydrogens (tertiary/aromatic N) is 2. The van der Waals surface area contributed by atoms with Gasteiger partial charge in [0.1, 0.15) is 0 Å². The van der Waals surface area contributed by atoms with Gasteiger partial charge in [0.15, 0.2) is 0 Å². The molecule has 0 bridgehead atoms. The predicted molar refractivity (Wildman–Crippen MR) is 264 cm³/mol. The summed E-state index contributed by atoms with van der Waals surface area (Å²) in [6.07, 6.45) is 0. The SMILES string of the molecule is c1ccc(N(c2ccccc2)c2ccccc2-c2ccc(-c3ccc4c5ccccc5n(-c5ccc6c(c5)C(c5ccccc5)(c5ccccc5)c5ccccc5-6)c4c3)cc2)cc1. The second-order valence-electron chi connectivity index (χ2n) is 16.4. The van der Waals surface area contributed by atoms with Gasteiger partial charge in [0.25, 0.3) is 0 Å². The summed E-state index contributed by atoms with van der Waals surface area (Å²) in [5.41, 5.74) is 18.8. The van der Waals surface area contributed by atoms with E-state index in [1.165, 1.54) is 77.4 Å². The zero-order valence-electron chi connectivity index (χ0n) is 34.6. The number of hydrogen-bond acceptors (Lipinski definition) is 1. The van der Waals surface area contributed by atoms with Gasteiger partial charge in [0.05, 0.1) is 22.1 Å². The standard InChI is InChI=1S/C61H42N2/c1-5-19-46(20-6-1)61(47-21-7-2-8-22-47)56-30-16-13-28-52(56)53-40-38-50(42-57(53)61)63-59-32-18-15-29-54(59)55-39-37-45(41-60(55)63)43-33-35-44(36-34-43)51-27-14-17-31-58(51)62(48-23-9-3-10-24-48)49-25-11-4-12-26-49/h1-42H. The minimum Gasteiger partial charge on any atom is -0.310 e. The lowest BCUT2D eigenvalue weighted by Gasteiger charge is -2.34. The van der Waals surface area contributed by atoms with E-state index in [4.69, 9.17) is 0 Å². The van der Waals surface area contributed by atoms with Crippen molar-refractivity contribution in [3.05, 3.63) is 277 Å². The Kier molecular flexibility index (Phi) is 8.76. The van der Waals surface area contributed by atoms with Gasteiger partial charge in [-0.15, -0.1) is 0 Å². The van der Waals surface area contributed by atoms with Crippen molar-refractivity contribution in [2.75, 3.05) is 4.90 Å². The highest BCUT2D eigenvalue weighted by Crippen LogP contribution is 2.56. The van der Waals surface area contributed by atoms with E-state index < -0.39 is 5.41 Å². The summed E-state index contributed by atoms with van der Waals surface area (Å²) >= 11 is 0. The van der Waals surface area contributed by atoms with Gasteiger partial charge >= 0.3 is 0 Å². The summed E-state index contributed by atoms with van der Waals surface area (Å²) in [6, 6.07) is 93.1. The highest BCUT2D eigenvalue weighted by atomic mass is 15.1. The summed E-state index contributed by atoms with van der Waals surface area (Å²) in [6.45, 7) is 0. The molecule has 11 aromatic rings. The van der Waals surface area contributed by atoms with E-state index in [9.17, 15) is 0 Å². The number of fused-ring (bicyclic) bond motifs is 6. The summed E-state index contributed by atoms with van der Waals surface area (Å²) in [5, 5.41) is 2.48. The third kappa shape index (κ3) is 5.87. The van der Waals surface area contributed by atoms with Crippen molar-refractivity contribution in [3.63, 3.8) is 0 Å². The molecule has 0 saturated heterocycles. The molecular formula is C61H42N2. The van der Waals surface area contributed by atoms with Crippen LogP contribution in [-0.2, 0) is 5.41 Å². The maximum absolute atomic E-state index is 2.48. The molecule has 0 N–H and O–H groups in total. The Hall–Kier alpha value is -8.20. The van der Waals surface area contributed by atoms with Gasteiger partial charge < -0.3 is 9.47 Å². The Balaban J connectivity index is 0.997. The van der Waals surface area contributed by atoms with Crippen LogP contribution in [-0.4, -0.2) is 4.57 Å². The van der Waals surface area contributed by atoms with E-state index in [-0.39, 0.29) is 0 Å². The molecule has 0 atom stereocenters. The molecule has 1 heterocycles. The molecular weight excluding hydrogens is 761 g/mol. The Morgan fingerprint density at radius 3 is 1.51 bits per heavy atom. The summed E-state index contributed by atoms with van der Waals surface area (Å²) < 4.78 is 2.48. The molecule has 0 fully saturated rings. The van der Waals surface area contributed by atoms with Crippen LogP contribution in [0.1, 0.15) is 22.3 Å². The summed E-state index contributed by atoms with van der Waals surface area (Å²) in [7, 11) is 0. The largest absolute Gasteiger partial charge is 0.310 e. The topological polar surface area (TPSA) is 8.17 Å². The highest BCUT2D eigenvalue weighted by molar-refractivity contribution is 6.10. The van der Waals surface area contributed by atoms with Crippen LogP contribution in [0.25, 0.3) is 60.9 Å². The van der Waals surface area contributed by atoms with Crippen molar-refractivity contribution in [1.29, 1.82) is 0 Å². The van der Waals surface area contributed by atoms with Crippen LogP contribution >= 0.6 is 0 Å². The third-order valence-corrected chi connectivity index (χ3v) is 13.1. The average Bonchev–Trinajstić information content (AvgIpc) is 3.85. The fourth-order valence-electron chi connectivity index (χ4n) is 10.3. The maximum Gasteiger partial charge on any atom is 0.0714 e. The number of hydrogen-bond donors (Lipinski definition) is 0. The van der Waals surface area contributed by atoms with Gasteiger partial charge in [-0.05, 0) is 105 Å². The Bertz CT molecular complexity index is 3350. The molecule has 10 aromatic carbocycles. The smallest absolute Gasteiger partial charge is 0.0714 e. The van der Waals surface area contributed by atoms with Crippen LogP contribution in [0.15, 0.2) is 255 Å². The monoisotopic (exact) mass is 802 g/mol. The van der Waals surface area contributed by atoms with Crippen LogP contribution in [0.3, 0.4) is 0 Å². The maximum atomic E-state index is 2.48. The van der Waals surface area contributed by atoms with Crippen molar-refractivity contribution in [2.24, 2.45) is 0 Å². The lowest BCUT2D eigenvalue weighted by molar-refractivity contribution is 0.767. The minimum absolute atomic E-state index is 0.478. The van der Waals surface area contributed by atoms with E-state index >= 15 is 0 Å². The van der Waals surface area contributed by atoms with Gasteiger partial charge in [0, 0.05) is 33.4 Å². The molecule has 0 radical (unpaired) electrons. The van der Waals surface area contributed by atoms with Crippen molar-refractivity contribution in [3.8, 4) is 39.1 Å². The van der Waals surface area contributed by atoms with Crippen LogP contribution in [0, 0.1) is 0 Å². The molecule has 0 aliphatic heterocycles. The summed E-state index contributed by atoms with van der Waals surface area (Å²) in [4.78, 5) is 2.34. The first kappa shape index (κ1) is 36.6. The number of anilines is 3. The van der Waals surface area contributed by atoms with Crippen molar-refractivity contribution in [1.82, 2.24) is 4.57 Å². The fourth-order valence-corrected chi connectivity index (χ4v) is 10.3. The summed E-state index contributed by atoms with van der Waals surface area (Å²) in [5.74, 6) is 0. The van der Waals surface area contributed by atoms with Gasteiger partial charge in [-0.1, -0.05) is 200 Å². The molecule has 1 aliphatic rings. The average molecular weight is 803 g/mol.